The number of amides is 1. The molecule has 12 nitrogen and oxygen atoms in total. The molecule has 0 saturated heterocycles. The summed E-state index contributed by atoms with van der Waals surface area (Å²) in [5, 5.41) is 25.9. The van der Waals surface area contributed by atoms with E-state index in [0.717, 1.165) is 11.8 Å². The lowest BCUT2D eigenvalue weighted by molar-refractivity contribution is -0.385. The van der Waals surface area contributed by atoms with Crippen LogP contribution < -0.4 is 10.6 Å². The van der Waals surface area contributed by atoms with Crippen LogP contribution in [0.1, 0.15) is 41.6 Å². The van der Waals surface area contributed by atoms with Gasteiger partial charge in [-0.15, -0.1) is 0 Å². The van der Waals surface area contributed by atoms with Gasteiger partial charge in [-0.1, -0.05) is 12.1 Å². The Morgan fingerprint density at radius 3 is 2.55 bits per heavy atom. The molecule has 0 bridgehead atoms. The molecular formula is C26H32N4O8. The highest BCUT2D eigenvalue weighted by molar-refractivity contribution is 5.92. The number of anilines is 1. The highest BCUT2D eigenvalue weighted by atomic mass is 16.7. The molecule has 3 rings (SSSR count). The molecule has 2 heterocycles. The van der Waals surface area contributed by atoms with Crippen LogP contribution in [0, 0.1) is 16.0 Å². The molecular weight excluding hydrogens is 496 g/mol. The fraction of sp³-hybridized carbons (Fsp3) is 0.423. The van der Waals surface area contributed by atoms with Crippen molar-refractivity contribution in [1.82, 2.24) is 10.3 Å². The number of pyridine rings is 1. The van der Waals surface area contributed by atoms with Crippen LogP contribution in [0.3, 0.4) is 0 Å². The summed E-state index contributed by atoms with van der Waals surface area (Å²) in [6.45, 7) is 2.79. The molecule has 204 valence electrons. The third kappa shape index (κ3) is 7.49. The molecule has 1 amide bonds. The molecule has 1 aromatic carbocycles. The van der Waals surface area contributed by atoms with Crippen LogP contribution in [0.4, 0.5) is 11.5 Å². The lowest BCUT2D eigenvalue weighted by Crippen LogP contribution is -2.39. The molecule has 3 N–H and O–H groups in total. The third-order valence-corrected chi connectivity index (χ3v) is 6.03. The van der Waals surface area contributed by atoms with Crippen molar-refractivity contribution in [3.63, 3.8) is 0 Å². The smallest absolute Gasteiger partial charge is 0.337 e. The highest BCUT2D eigenvalue weighted by Gasteiger charge is 2.37. The number of allylic oxidation sites excluding steroid dienone is 1. The van der Waals surface area contributed by atoms with Gasteiger partial charge in [0.05, 0.1) is 17.6 Å². The molecule has 2 aromatic rings. The molecule has 0 spiro atoms. The van der Waals surface area contributed by atoms with E-state index in [-0.39, 0.29) is 36.4 Å². The Bertz CT molecular complexity index is 1120. The topological polar surface area (TPSA) is 162 Å². The van der Waals surface area contributed by atoms with Crippen LogP contribution in [-0.2, 0) is 19.0 Å². The lowest BCUT2D eigenvalue weighted by Gasteiger charge is -2.37. The maximum absolute atomic E-state index is 13.0. The zero-order valence-electron chi connectivity index (χ0n) is 21.3. The van der Waals surface area contributed by atoms with E-state index in [2.05, 4.69) is 15.6 Å². The Balaban J connectivity index is 1.72. The van der Waals surface area contributed by atoms with Crippen LogP contribution in [0.5, 0.6) is 0 Å². The van der Waals surface area contributed by atoms with E-state index in [4.69, 9.17) is 14.2 Å². The monoisotopic (exact) mass is 528 g/mol. The molecule has 0 aliphatic carbocycles. The van der Waals surface area contributed by atoms with Crippen LogP contribution in [-0.4, -0.2) is 66.6 Å². The Morgan fingerprint density at radius 1 is 1.18 bits per heavy atom. The fourth-order valence-corrected chi connectivity index (χ4v) is 4.16. The van der Waals surface area contributed by atoms with Crippen LogP contribution in [0.2, 0.25) is 0 Å². The molecule has 38 heavy (non-hydrogen) atoms. The summed E-state index contributed by atoms with van der Waals surface area (Å²) in [6.07, 6.45) is 3.32. The first-order valence-corrected chi connectivity index (χ1v) is 12.3. The number of carbonyl (C=O) groups is 2. The number of nitrogens with one attached hydrogen (secondary N) is 2. The summed E-state index contributed by atoms with van der Waals surface area (Å²) in [6, 6.07) is 9.78. The van der Waals surface area contributed by atoms with E-state index in [1.807, 2.05) is 19.1 Å². The second kappa shape index (κ2) is 14.1. The largest absolute Gasteiger partial charge is 0.465 e. The maximum atomic E-state index is 13.0. The lowest BCUT2D eigenvalue weighted by atomic mass is 9.80. The number of hydrogen-bond acceptors (Lipinski definition) is 10. The van der Waals surface area contributed by atoms with E-state index in [9.17, 15) is 24.8 Å². The van der Waals surface area contributed by atoms with Crippen LogP contribution in [0.15, 0.2) is 54.4 Å². The average Bonchev–Trinajstić information content (AvgIpc) is 2.94. The zero-order valence-corrected chi connectivity index (χ0v) is 21.3. The van der Waals surface area contributed by atoms with Gasteiger partial charge in [0.25, 0.3) is 11.6 Å². The van der Waals surface area contributed by atoms with Crippen molar-refractivity contribution in [2.45, 2.75) is 32.0 Å². The standard InChI is InChI=1S/C26H32N4O8/c1-3-37-26-20(5-4-14-31)21(17-6-8-18(9-7-17)25(33)36-2)15-22(38-26)24(32)28-13-12-27-23-11-10-19(16-29-23)30(34)35/h6-11,15-16,20-21,26,31H,3-5,12-14H2,1-2H3,(H,27,29)(H,28,32). The molecule has 3 atom stereocenters. The molecule has 12 heteroatoms. The summed E-state index contributed by atoms with van der Waals surface area (Å²) in [5.41, 5.74) is 1.17. The van der Waals surface area contributed by atoms with Gasteiger partial charge in [-0.05, 0) is 49.6 Å². The predicted molar refractivity (Wildman–Crippen MR) is 137 cm³/mol. The normalized spacial score (nSPS) is 18.6. The molecule has 0 fully saturated rings. The molecule has 0 radical (unpaired) electrons. The number of nitrogens with zero attached hydrogens (tertiary/aromatic N) is 2. The fourth-order valence-electron chi connectivity index (χ4n) is 4.16. The van der Waals surface area contributed by atoms with Gasteiger partial charge >= 0.3 is 5.97 Å². The number of nitro groups is 1. The van der Waals surface area contributed by atoms with Crippen molar-refractivity contribution in [2.24, 2.45) is 5.92 Å². The number of benzene rings is 1. The van der Waals surface area contributed by atoms with E-state index < -0.39 is 23.1 Å². The molecule has 3 unspecified atom stereocenters. The summed E-state index contributed by atoms with van der Waals surface area (Å²) >= 11 is 0. The maximum Gasteiger partial charge on any atom is 0.337 e. The number of aliphatic hydroxyl groups is 1. The van der Waals surface area contributed by atoms with Gasteiger partial charge in [0, 0.05) is 44.2 Å². The minimum atomic E-state index is -0.704. The van der Waals surface area contributed by atoms with Crippen LogP contribution >= 0.6 is 0 Å². The highest BCUT2D eigenvalue weighted by Crippen LogP contribution is 2.39. The van der Waals surface area contributed by atoms with Gasteiger partial charge in [-0.2, -0.15) is 0 Å². The Labute approximate surface area is 220 Å². The van der Waals surface area contributed by atoms with E-state index in [1.165, 1.54) is 19.2 Å². The van der Waals surface area contributed by atoms with Crippen molar-refractivity contribution in [3.8, 4) is 0 Å². The minimum absolute atomic E-state index is 0.0109. The first kappa shape index (κ1) is 28.5. The summed E-state index contributed by atoms with van der Waals surface area (Å²) in [5.74, 6) is -0.749. The summed E-state index contributed by atoms with van der Waals surface area (Å²) in [4.78, 5) is 39.0. The predicted octanol–water partition coefficient (Wildman–Crippen LogP) is 2.75. The quantitative estimate of drug-likeness (QED) is 0.152. The summed E-state index contributed by atoms with van der Waals surface area (Å²) < 4.78 is 16.6. The first-order chi connectivity index (χ1) is 18.4. The van der Waals surface area contributed by atoms with Gasteiger partial charge in [-0.25, -0.2) is 9.78 Å². The molecule has 0 saturated carbocycles. The second-order valence-electron chi connectivity index (χ2n) is 8.48. The van der Waals surface area contributed by atoms with E-state index in [0.29, 0.717) is 37.4 Å². The third-order valence-electron chi connectivity index (χ3n) is 6.03. The van der Waals surface area contributed by atoms with E-state index >= 15 is 0 Å². The minimum Gasteiger partial charge on any atom is -0.465 e. The number of carbonyl (C=O) groups excluding carboxylic acids is 2. The molecule has 1 aliphatic heterocycles. The van der Waals surface area contributed by atoms with Gasteiger partial charge in [-0.3, -0.25) is 14.9 Å². The van der Waals surface area contributed by atoms with Crippen LogP contribution in [0.25, 0.3) is 0 Å². The van der Waals surface area contributed by atoms with Gasteiger partial charge < -0.3 is 30.0 Å². The number of rotatable bonds is 13. The first-order valence-electron chi connectivity index (χ1n) is 12.3. The number of esters is 1. The molecule has 1 aromatic heterocycles. The Morgan fingerprint density at radius 2 is 1.95 bits per heavy atom. The Hall–Kier alpha value is -4.03. The van der Waals surface area contributed by atoms with Gasteiger partial charge in [0.2, 0.25) is 6.29 Å². The van der Waals surface area contributed by atoms with Crippen molar-refractivity contribution in [2.75, 3.05) is 38.7 Å². The summed E-state index contributed by atoms with van der Waals surface area (Å²) in [7, 11) is 1.32. The number of hydrogen-bond donors (Lipinski definition) is 3. The second-order valence-corrected chi connectivity index (χ2v) is 8.48. The van der Waals surface area contributed by atoms with Crippen molar-refractivity contribution in [3.05, 3.63) is 75.7 Å². The number of aliphatic hydroxyl groups excluding tert-OH is 1. The Kier molecular flexibility index (Phi) is 10.6. The van der Waals surface area contributed by atoms with E-state index in [1.54, 1.807) is 18.2 Å². The SMILES string of the molecule is CCOC1OC(C(=O)NCCNc2ccc([N+](=O)[O-])cn2)=CC(c2ccc(C(=O)OC)cc2)C1CCCO. The van der Waals surface area contributed by atoms with Gasteiger partial charge in [0.1, 0.15) is 12.0 Å². The van der Waals surface area contributed by atoms with Crippen molar-refractivity contribution >= 4 is 23.4 Å². The van der Waals surface area contributed by atoms with Crippen molar-refractivity contribution in [1.29, 1.82) is 0 Å². The average molecular weight is 529 g/mol. The number of aromatic nitrogens is 1. The van der Waals surface area contributed by atoms with Gasteiger partial charge in [0.15, 0.2) is 5.76 Å². The number of methoxy groups -OCH3 is 1. The zero-order chi connectivity index (χ0) is 27.5. The molecule has 1 aliphatic rings. The number of ether oxygens (including phenoxy) is 3. The van der Waals surface area contributed by atoms with Crippen molar-refractivity contribution < 1.29 is 33.8 Å².